The van der Waals surface area contributed by atoms with Crippen LogP contribution in [0.25, 0.3) is 0 Å². The van der Waals surface area contributed by atoms with E-state index in [1.54, 1.807) is 14.0 Å². The fourth-order valence-electron chi connectivity index (χ4n) is 0.763. The third kappa shape index (κ3) is 4.77. The van der Waals surface area contributed by atoms with Crippen LogP contribution in [0.1, 0.15) is 20.8 Å². The molecule has 0 aliphatic rings. The normalized spacial score (nSPS) is 16.1. The highest BCUT2D eigenvalue weighted by Gasteiger charge is 2.28. The van der Waals surface area contributed by atoms with Gasteiger partial charge in [-0.1, -0.05) is 13.8 Å². The van der Waals surface area contributed by atoms with Crippen molar-refractivity contribution in [1.29, 1.82) is 0 Å². The average Bonchev–Trinajstić information content (AvgIpc) is 2.05. The molecule has 1 atom stereocenters. The van der Waals surface area contributed by atoms with E-state index in [4.69, 9.17) is 13.8 Å². The molecule has 0 N–H and O–H groups in total. The van der Waals surface area contributed by atoms with Crippen LogP contribution in [0.15, 0.2) is 0 Å². The molecule has 0 amide bonds. The van der Waals surface area contributed by atoms with Crippen molar-refractivity contribution in [2.45, 2.75) is 26.4 Å². The predicted octanol–water partition coefficient (Wildman–Crippen LogP) is 2.29. The lowest BCUT2D eigenvalue weighted by Crippen LogP contribution is -2.09. The molecule has 0 aromatic carbocycles. The van der Waals surface area contributed by atoms with Crippen molar-refractivity contribution < 1.29 is 18.3 Å². The Morgan fingerprint density at radius 3 is 2.23 bits per heavy atom. The van der Waals surface area contributed by atoms with E-state index in [1.807, 2.05) is 13.8 Å². The summed E-state index contributed by atoms with van der Waals surface area (Å²) in [7, 11) is -1.33. The first-order valence-electron chi connectivity index (χ1n) is 4.44. The number of ether oxygens (including phenoxy) is 1. The summed E-state index contributed by atoms with van der Waals surface area (Å²) in [5.74, 6) is 0. The van der Waals surface area contributed by atoms with Gasteiger partial charge in [-0.15, -0.1) is 0 Å². The van der Waals surface area contributed by atoms with Crippen LogP contribution in [-0.4, -0.2) is 32.6 Å². The summed E-state index contributed by atoms with van der Waals surface area (Å²) in [6, 6.07) is 0. The summed E-state index contributed by atoms with van der Waals surface area (Å²) in [5, 5.41) is 0. The zero-order valence-electron chi connectivity index (χ0n) is 8.78. The molecule has 13 heavy (non-hydrogen) atoms. The van der Waals surface area contributed by atoms with Crippen LogP contribution in [0.2, 0.25) is 0 Å². The van der Waals surface area contributed by atoms with Gasteiger partial charge in [0, 0.05) is 7.11 Å². The molecule has 4 nitrogen and oxygen atoms in total. The van der Waals surface area contributed by atoms with E-state index in [9.17, 15) is 4.57 Å². The van der Waals surface area contributed by atoms with Crippen LogP contribution in [0.5, 0.6) is 0 Å². The Balaban J connectivity index is 4.01. The minimum Gasteiger partial charge on any atom is -0.382 e. The fourth-order valence-corrected chi connectivity index (χ4v) is 2.12. The standard InChI is InChI=1S/C8H19O4P/c1-5-11-13(9,8(2)3)12-7-6-10-4/h8H,5-7H2,1-4H3. The number of hydrogen-bond acceptors (Lipinski definition) is 4. The van der Waals surface area contributed by atoms with Crippen LogP contribution in [0.4, 0.5) is 0 Å². The highest BCUT2D eigenvalue weighted by molar-refractivity contribution is 7.54. The zero-order valence-corrected chi connectivity index (χ0v) is 9.67. The Hall–Kier alpha value is 0.110. The Kier molecular flexibility index (Phi) is 6.60. The molecule has 0 saturated carbocycles. The molecule has 0 aromatic heterocycles. The van der Waals surface area contributed by atoms with Crippen molar-refractivity contribution in [3.63, 3.8) is 0 Å². The maximum Gasteiger partial charge on any atom is 0.333 e. The first-order chi connectivity index (χ1) is 6.06. The van der Waals surface area contributed by atoms with Crippen LogP contribution in [0, 0.1) is 0 Å². The molecular formula is C8H19O4P. The summed E-state index contributed by atoms with van der Waals surface area (Å²) in [5.41, 5.74) is -0.107. The minimum atomic E-state index is -2.90. The van der Waals surface area contributed by atoms with Crippen LogP contribution in [0.3, 0.4) is 0 Å². The van der Waals surface area contributed by atoms with Gasteiger partial charge in [-0.05, 0) is 6.92 Å². The zero-order chi connectivity index (χ0) is 10.3. The van der Waals surface area contributed by atoms with E-state index in [1.165, 1.54) is 0 Å². The molecule has 0 fully saturated rings. The van der Waals surface area contributed by atoms with Crippen LogP contribution >= 0.6 is 7.60 Å². The van der Waals surface area contributed by atoms with Gasteiger partial charge in [-0.25, -0.2) is 0 Å². The molecule has 0 heterocycles. The van der Waals surface area contributed by atoms with Gasteiger partial charge in [0.25, 0.3) is 0 Å². The number of methoxy groups -OCH3 is 1. The van der Waals surface area contributed by atoms with E-state index in [0.717, 1.165) is 0 Å². The molecule has 0 saturated heterocycles. The second-order valence-corrected chi connectivity index (χ2v) is 5.51. The smallest absolute Gasteiger partial charge is 0.333 e. The highest BCUT2D eigenvalue weighted by Crippen LogP contribution is 2.52. The van der Waals surface area contributed by atoms with Gasteiger partial charge in [0.15, 0.2) is 0 Å². The summed E-state index contributed by atoms with van der Waals surface area (Å²) in [6.45, 7) is 6.60. The van der Waals surface area contributed by atoms with E-state index < -0.39 is 7.60 Å². The summed E-state index contributed by atoms with van der Waals surface area (Å²) < 4.78 is 27.0. The van der Waals surface area contributed by atoms with Crippen LogP contribution < -0.4 is 0 Å². The van der Waals surface area contributed by atoms with Crippen LogP contribution in [-0.2, 0) is 18.3 Å². The predicted molar refractivity (Wildman–Crippen MR) is 52.2 cm³/mol. The van der Waals surface area contributed by atoms with E-state index in [2.05, 4.69) is 0 Å². The second-order valence-electron chi connectivity index (χ2n) is 2.88. The number of hydrogen-bond donors (Lipinski definition) is 0. The van der Waals surface area contributed by atoms with Crippen molar-refractivity contribution in [2.75, 3.05) is 26.9 Å². The highest BCUT2D eigenvalue weighted by atomic mass is 31.2. The molecule has 1 unspecified atom stereocenters. The molecule has 0 rings (SSSR count). The quantitative estimate of drug-likeness (QED) is 0.477. The lowest BCUT2D eigenvalue weighted by molar-refractivity contribution is 0.127. The first-order valence-corrected chi connectivity index (χ1v) is 6.05. The monoisotopic (exact) mass is 210 g/mol. The third-order valence-corrected chi connectivity index (χ3v) is 3.93. The van der Waals surface area contributed by atoms with Crippen molar-refractivity contribution >= 4 is 7.60 Å². The lowest BCUT2D eigenvalue weighted by atomic mass is 10.6. The molecule has 80 valence electrons. The molecular weight excluding hydrogens is 191 g/mol. The SMILES string of the molecule is CCOP(=O)(OCCOC)C(C)C. The van der Waals surface area contributed by atoms with E-state index >= 15 is 0 Å². The van der Waals surface area contributed by atoms with Gasteiger partial charge in [-0.3, -0.25) is 4.57 Å². The molecule has 0 aromatic rings. The van der Waals surface area contributed by atoms with Gasteiger partial charge < -0.3 is 13.8 Å². The number of rotatable bonds is 7. The van der Waals surface area contributed by atoms with Crippen molar-refractivity contribution in [2.24, 2.45) is 0 Å². The third-order valence-electron chi connectivity index (χ3n) is 1.50. The fraction of sp³-hybridized carbons (Fsp3) is 1.00. The molecule has 0 bridgehead atoms. The van der Waals surface area contributed by atoms with E-state index in [-0.39, 0.29) is 5.66 Å². The molecule has 0 radical (unpaired) electrons. The van der Waals surface area contributed by atoms with Gasteiger partial charge in [0.1, 0.15) is 0 Å². The maximum atomic E-state index is 11.9. The van der Waals surface area contributed by atoms with Crippen molar-refractivity contribution in [3.8, 4) is 0 Å². The Morgan fingerprint density at radius 1 is 1.23 bits per heavy atom. The minimum absolute atomic E-state index is 0.107. The summed E-state index contributed by atoms with van der Waals surface area (Å²) in [4.78, 5) is 0. The first kappa shape index (κ1) is 13.1. The average molecular weight is 210 g/mol. The Morgan fingerprint density at radius 2 is 1.85 bits per heavy atom. The van der Waals surface area contributed by atoms with Gasteiger partial charge in [0.2, 0.25) is 0 Å². The molecule has 5 heteroatoms. The van der Waals surface area contributed by atoms with Crippen molar-refractivity contribution in [1.82, 2.24) is 0 Å². The largest absolute Gasteiger partial charge is 0.382 e. The van der Waals surface area contributed by atoms with Gasteiger partial charge in [-0.2, -0.15) is 0 Å². The molecule has 0 aliphatic heterocycles. The topological polar surface area (TPSA) is 44.8 Å². The van der Waals surface area contributed by atoms with Gasteiger partial charge >= 0.3 is 7.60 Å². The maximum absolute atomic E-state index is 11.9. The van der Waals surface area contributed by atoms with Crippen molar-refractivity contribution in [3.05, 3.63) is 0 Å². The lowest BCUT2D eigenvalue weighted by Gasteiger charge is -2.20. The molecule has 0 aliphatic carbocycles. The second kappa shape index (κ2) is 6.55. The van der Waals surface area contributed by atoms with Gasteiger partial charge in [0.05, 0.1) is 25.5 Å². The Labute approximate surface area is 80.1 Å². The summed E-state index contributed by atoms with van der Waals surface area (Å²) >= 11 is 0. The summed E-state index contributed by atoms with van der Waals surface area (Å²) in [6.07, 6.45) is 0. The molecule has 0 spiro atoms. The van der Waals surface area contributed by atoms with E-state index in [0.29, 0.717) is 19.8 Å². The Bertz CT molecular complexity index is 170.